The molecular weight excluding hydrogens is 825 g/mol. The van der Waals surface area contributed by atoms with Gasteiger partial charge in [-0.25, -0.2) is 0 Å². The van der Waals surface area contributed by atoms with Crippen LogP contribution in [0.1, 0.15) is 53.0 Å². The first-order valence-electron chi connectivity index (χ1n) is 23.8. The number of aliphatic imine (C=N–C) groups is 1. The van der Waals surface area contributed by atoms with E-state index in [4.69, 9.17) is 10.4 Å². The minimum absolute atomic E-state index is 0.00875. The highest BCUT2D eigenvalue weighted by Crippen LogP contribution is 2.46. The maximum atomic E-state index is 8.00. The predicted molar refractivity (Wildman–Crippen MR) is 293 cm³/mol. The highest BCUT2D eigenvalue weighted by Gasteiger charge is 2.37. The smallest absolute Gasteiger partial charge is 0.0629 e. The molecule has 0 bridgehead atoms. The van der Waals surface area contributed by atoms with Gasteiger partial charge in [0.15, 0.2) is 0 Å². The summed E-state index contributed by atoms with van der Waals surface area (Å²) in [7, 11) is 0. The molecule has 3 aliphatic carbocycles. The van der Waals surface area contributed by atoms with Crippen molar-refractivity contribution in [2.75, 3.05) is 4.90 Å². The standard InChI is InChI=1S/C64H56N4/c1-4-49(41-46(3)68-63-29-13-9-25-58(63)59-26-10-14-30-64(59)68)54-21-16-22-55(43-54)51-35-37-52(38-36-51)60(39-40-65)66-44-48-31-33-50(34-32-48)53-20-15-19-47(42-53)18-6-5-17-45(2)67-61-27-11-7-23-56(61)57-24-8-12-28-62(57)67/h4-31,33-37,40-44,48,52,58,60,63,65H,1-3,32,38-39H2/b17-5-,18-6+,49-41+,65-40?,66-44+. The van der Waals surface area contributed by atoms with Gasteiger partial charge in [0.25, 0.3) is 0 Å². The molecule has 4 aliphatic rings. The lowest BCUT2D eigenvalue weighted by atomic mass is 9.86. The van der Waals surface area contributed by atoms with Crippen molar-refractivity contribution < 1.29 is 0 Å². The summed E-state index contributed by atoms with van der Waals surface area (Å²) in [6, 6.07) is 43.3. The molecule has 4 nitrogen and oxygen atoms in total. The summed E-state index contributed by atoms with van der Waals surface area (Å²) in [6.07, 6.45) is 41.0. The fraction of sp³-hybridized carbons (Fsp3) is 0.125. The molecule has 5 unspecified atom stereocenters. The number of benzene rings is 5. The third-order valence-electron chi connectivity index (χ3n) is 13.7. The Kier molecular flexibility index (Phi) is 12.8. The molecule has 6 aromatic rings. The number of aromatic nitrogens is 1. The number of rotatable bonds is 15. The van der Waals surface area contributed by atoms with Crippen molar-refractivity contribution >= 4 is 68.4 Å². The van der Waals surface area contributed by atoms with E-state index in [0.717, 1.165) is 52.0 Å². The molecule has 68 heavy (non-hydrogen) atoms. The molecule has 4 heteroatoms. The summed E-state index contributed by atoms with van der Waals surface area (Å²) in [5.41, 5.74) is 14.8. The van der Waals surface area contributed by atoms with E-state index in [9.17, 15) is 0 Å². The fourth-order valence-corrected chi connectivity index (χ4v) is 10.3. The zero-order valence-electron chi connectivity index (χ0n) is 38.4. The number of allylic oxidation sites excluding steroid dienone is 16. The van der Waals surface area contributed by atoms with Crippen LogP contribution in [0.4, 0.5) is 5.69 Å². The Balaban J connectivity index is 0.754. The third kappa shape index (κ3) is 8.94. The summed E-state index contributed by atoms with van der Waals surface area (Å²) >= 11 is 0. The van der Waals surface area contributed by atoms with E-state index in [-0.39, 0.29) is 23.9 Å². The molecule has 1 N–H and O–H groups in total. The average Bonchev–Trinajstić information content (AvgIpc) is 3.92. The molecule has 0 saturated heterocycles. The van der Waals surface area contributed by atoms with E-state index in [1.54, 1.807) is 0 Å². The topological polar surface area (TPSA) is 44.4 Å². The van der Waals surface area contributed by atoms with Crippen molar-refractivity contribution in [3.05, 3.63) is 266 Å². The van der Waals surface area contributed by atoms with Gasteiger partial charge >= 0.3 is 0 Å². The van der Waals surface area contributed by atoms with Crippen molar-refractivity contribution in [2.24, 2.45) is 16.8 Å². The molecule has 5 aromatic carbocycles. The predicted octanol–water partition coefficient (Wildman–Crippen LogP) is 15.8. The second kappa shape index (κ2) is 19.8. The van der Waals surface area contributed by atoms with Gasteiger partial charge in [0.2, 0.25) is 0 Å². The minimum atomic E-state index is 0.00875. The van der Waals surface area contributed by atoms with Crippen LogP contribution in [0.3, 0.4) is 0 Å². The molecule has 5 atom stereocenters. The molecule has 0 amide bonds. The van der Waals surface area contributed by atoms with Crippen molar-refractivity contribution in [3.63, 3.8) is 0 Å². The van der Waals surface area contributed by atoms with Crippen LogP contribution in [0.15, 0.2) is 243 Å². The Morgan fingerprint density at radius 2 is 1.43 bits per heavy atom. The second-order valence-corrected chi connectivity index (χ2v) is 17.9. The van der Waals surface area contributed by atoms with Crippen LogP contribution in [-0.2, 0) is 0 Å². The fourth-order valence-electron chi connectivity index (χ4n) is 10.3. The summed E-state index contributed by atoms with van der Waals surface area (Å²) in [4.78, 5) is 7.48. The minimum Gasteiger partial charge on any atom is -0.334 e. The van der Waals surface area contributed by atoms with Gasteiger partial charge in [-0.05, 0) is 106 Å². The second-order valence-electron chi connectivity index (χ2n) is 17.9. The molecule has 1 aliphatic heterocycles. The van der Waals surface area contributed by atoms with Crippen LogP contribution in [-0.4, -0.2) is 29.1 Å². The largest absolute Gasteiger partial charge is 0.334 e. The third-order valence-corrected chi connectivity index (χ3v) is 13.7. The highest BCUT2D eigenvalue weighted by molar-refractivity contribution is 6.10. The normalized spacial score (nSPS) is 20.3. The molecular formula is C64H56N4. The summed E-state index contributed by atoms with van der Waals surface area (Å²) in [6.45, 7) is 13.2. The summed E-state index contributed by atoms with van der Waals surface area (Å²) < 4.78 is 2.23. The molecule has 0 radical (unpaired) electrons. The molecule has 10 rings (SSSR count). The first-order valence-corrected chi connectivity index (χ1v) is 23.8. The lowest BCUT2D eigenvalue weighted by Crippen LogP contribution is -2.31. The van der Waals surface area contributed by atoms with E-state index in [1.165, 1.54) is 50.5 Å². The van der Waals surface area contributed by atoms with Crippen LogP contribution in [0.25, 0.3) is 50.3 Å². The van der Waals surface area contributed by atoms with Crippen LogP contribution < -0.4 is 4.90 Å². The van der Waals surface area contributed by atoms with E-state index in [2.05, 4.69) is 248 Å². The Bertz CT molecular complexity index is 3220. The Hall–Kier alpha value is -8.08. The maximum Gasteiger partial charge on any atom is 0.0629 e. The van der Waals surface area contributed by atoms with Crippen molar-refractivity contribution in [1.82, 2.24) is 4.57 Å². The number of fused-ring (bicyclic) bond motifs is 6. The van der Waals surface area contributed by atoms with Gasteiger partial charge in [0.05, 0.1) is 23.1 Å². The molecule has 2 heterocycles. The first kappa shape index (κ1) is 43.8. The number of para-hydroxylation sites is 3. The molecule has 0 fully saturated rings. The van der Waals surface area contributed by atoms with Crippen LogP contribution in [0.5, 0.6) is 0 Å². The average molecular weight is 881 g/mol. The van der Waals surface area contributed by atoms with Gasteiger partial charge in [0, 0.05) is 58.2 Å². The van der Waals surface area contributed by atoms with Gasteiger partial charge in [-0.3, -0.25) is 4.99 Å². The first-order chi connectivity index (χ1) is 33.5. The van der Waals surface area contributed by atoms with Gasteiger partial charge in [0.1, 0.15) is 0 Å². The van der Waals surface area contributed by atoms with Crippen molar-refractivity contribution in [2.45, 2.75) is 37.3 Å². The maximum absolute atomic E-state index is 8.00. The molecule has 332 valence electrons. The van der Waals surface area contributed by atoms with Crippen molar-refractivity contribution in [1.29, 1.82) is 5.41 Å². The zero-order chi connectivity index (χ0) is 46.4. The zero-order valence-corrected chi connectivity index (χ0v) is 38.4. The molecule has 1 aromatic heterocycles. The Labute approximate surface area is 401 Å². The number of hydrogen-bond acceptors (Lipinski definition) is 3. The quantitative estimate of drug-likeness (QED) is 0.0810. The van der Waals surface area contributed by atoms with E-state index in [0.29, 0.717) is 12.3 Å². The Morgan fingerprint density at radius 3 is 2.16 bits per heavy atom. The summed E-state index contributed by atoms with van der Waals surface area (Å²) in [5, 5.41) is 10.5. The molecule has 0 saturated carbocycles. The van der Waals surface area contributed by atoms with Gasteiger partial charge in [-0.15, -0.1) is 0 Å². The number of anilines is 1. The van der Waals surface area contributed by atoms with Gasteiger partial charge in [-0.2, -0.15) is 0 Å². The number of nitrogens with one attached hydrogen (secondary N) is 1. The Morgan fingerprint density at radius 1 is 0.721 bits per heavy atom. The number of nitrogens with zero attached hydrogens (tertiary/aromatic N) is 3. The van der Waals surface area contributed by atoms with Crippen LogP contribution in [0.2, 0.25) is 0 Å². The lowest BCUT2D eigenvalue weighted by Gasteiger charge is -2.29. The number of hydrogen-bond donors (Lipinski definition) is 1. The van der Waals surface area contributed by atoms with E-state index >= 15 is 0 Å². The van der Waals surface area contributed by atoms with E-state index in [1.807, 2.05) is 6.08 Å². The van der Waals surface area contributed by atoms with Crippen LogP contribution >= 0.6 is 0 Å². The van der Waals surface area contributed by atoms with Gasteiger partial charge < -0.3 is 14.9 Å². The molecule has 0 spiro atoms. The SMILES string of the molecule is C=C/C(=C\C(=C)N1c2ccccc2C2C=CC=CC21)c1cccc(C2=CCC(C(CC=N)/N=C/C3C=CC(c4cccc(/C=C/C=C\C(=C)n5c6ccccc6c6ccccc65)c4)=CC3)C=C2)c1. The monoisotopic (exact) mass is 880 g/mol. The van der Waals surface area contributed by atoms with E-state index < -0.39 is 0 Å². The lowest BCUT2D eigenvalue weighted by molar-refractivity contribution is 0.521. The van der Waals surface area contributed by atoms with Crippen molar-refractivity contribution in [3.8, 4) is 0 Å². The highest BCUT2D eigenvalue weighted by atomic mass is 15.2. The van der Waals surface area contributed by atoms with Crippen LogP contribution in [0, 0.1) is 17.2 Å². The summed E-state index contributed by atoms with van der Waals surface area (Å²) in [5.74, 6) is 0.749. The van der Waals surface area contributed by atoms with Gasteiger partial charge in [-0.1, -0.05) is 196 Å².